The second-order valence-electron chi connectivity index (χ2n) is 8.74. The number of hydrogen-bond donors (Lipinski definition) is 1. The summed E-state index contributed by atoms with van der Waals surface area (Å²) in [5, 5.41) is 3.46. The van der Waals surface area contributed by atoms with Gasteiger partial charge >= 0.3 is 0 Å². The van der Waals surface area contributed by atoms with Gasteiger partial charge in [0, 0.05) is 39.3 Å². The van der Waals surface area contributed by atoms with Crippen LogP contribution in [0.15, 0.2) is 29.3 Å². The summed E-state index contributed by atoms with van der Waals surface area (Å²) in [5.74, 6) is 3.21. The highest BCUT2D eigenvalue weighted by Gasteiger charge is 2.30. The van der Waals surface area contributed by atoms with Gasteiger partial charge in [0.1, 0.15) is 5.75 Å². The zero-order chi connectivity index (χ0) is 21.3. The van der Waals surface area contributed by atoms with Crippen molar-refractivity contribution < 1.29 is 9.47 Å². The summed E-state index contributed by atoms with van der Waals surface area (Å²) in [7, 11) is 6.06. The van der Waals surface area contributed by atoms with E-state index in [4.69, 9.17) is 14.5 Å². The fourth-order valence-corrected chi connectivity index (χ4v) is 4.29. The normalized spacial score (nSPS) is 22.7. The molecule has 168 valence electrons. The molecule has 1 aliphatic heterocycles. The molecule has 30 heavy (non-hydrogen) atoms. The van der Waals surface area contributed by atoms with Gasteiger partial charge in [-0.15, -0.1) is 0 Å². The number of hydrogen-bond acceptors (Lipinski definition) is 4. The van der Waals surface area contributed by atoms with E-state index in [1.165, 1.54) is 31.2 Å². The minimum absolute atomic E-state index is 0.392. The van der Waals surface area contributed by atoms with Crippen molar-refractivity contribution in [2.24, 2.45) is 16.8 Å². The van der Waals surface area contributed by atoms with Gasteiger partial charge in [-0.3, -0.25) is 9.89 Å². The van der Waals surface area contributed by atoms with Gasteiger partial charge in [0.25, 0.3) is 0 Å². The summed E-state index contributed by atoms with van der Waals surface area (Å²) in [6.07, 6.45) is 5.11. The maximum atomic E-state index is 5.82. The molecule has 2 unspecified atom stereocenters. The predicted molar refractivity (Wildman–Crippen MR) is 123 cm³/mol. The van der Waals surface area contributed by atoms with Crippen molar-refractivity contribution >= 4 is 5.96 Å². The highest BCUT2D eigenvalue weighted by atomic mass is 16.5. The molecule has 1 aliphatic carbocycles. The van der Waals surface area contributed by atoms with Crippen LogP contribution in [0.2, 0.25) is 0 Å². The number of piperidine rings is 1. The van der Waals surface area contributed by atoms with Crippen LogP contribution >= 0.6 is 0 Å². The average molecular weight is 417 g/mol. The van der Waals surface area contributed by atoms with Crippen LogP contribution < -0.4 is 10.1 Å². The molecule has 1 saturated heterocycles. The van der Waals surface area contributed by atoms with Crippen LogP contribution in [0.3, 0.4) is 0 Å². The standard InChI is InChI=1S/C24H40N4O2/c1-5-25-24(28(3)15-16-30-18-19-8-9-19)26-17-21-7-6-14-27(2)23(21)20-10-12-22(29-4)13-11-20/h10-13,19,21,23H,5-9,14-18H2,1-4H3,(H,25,26). The number of methoxy groups -OCH3 is 1. The summed E-state index contributed by atoms with van der Waals surface area (Å²) >= 11 is 0. The molecule has 1 aromatic carbocycles. The maximum absolute atomic E-state index is 5.82. The van der Waals surface area contributed by atoms with Crippen molar-refractivity contribution in [2.45, 2.75) is 38.6 Å². The lowest BCUT2D eigenvalue weighted by Crippen LogP contribution is -2.42. The van der Waals surface area contributed by atoms with Crippen molar-refractivity contribution in [3.8, 4) is 5.75 Å². The number of rotatable bonds is 10. The molecule has 2 atom stereocenters. The van der Waals surface area contributed by atoms with E-state index >= 15 is 0 Å². The van der Waals surface area contributed by atoms with Crippen LogP contribution in [0, 0.1) is 11.8 Å². The summed E-state index contributed by atoms with van der Waals surface area (Å²) < 4.78 is 11.2. The maximum Gasteiger partial charge on any atom is 0.193 e. The number of ether oxygens (including phenoxy) is 2. The Labute approximate surface area is 182 Å². The third kappa shape index (κ3) is 6.61. The predicted octanol–water partition coefficient (Wildman–Crippen LogP) is 3.40. The molecule has 6 heteroatoms. The van der Waals surface area contributed by atoms with E-state index in [1.54, 1.807) is 7.11 Å². The van der Waals surface area contributed by atoms with E-state index in [9.17, 15) is 0 Å². The lowest BCUT2D eigenvalue weighted by Gasteiger charge is -2.39. The van der Waals surface area contributed by atoms with Crippen LogP contribution in [0.25, 0.3) is 0 Å². The third-order valence-corrected chi connectivity index (χ3v) is 6.26. The van der Waals surface area contributed by atoms with Gasteiger partial charge in [-0.05, 0) is 75.7 Å². The summed E-state index contributed by atoms with van der Waals surface area (Å²) in [6, 6.07) is 8.94. The minimum atomic E-state index is 0.392. The largest absolute Gasteiger partial charge is 0.497 e. The number of likely N-dealkylation sites (N-methyl/N-ethyl adjacent to an activating group) is 1. The molecule has 6 nitrogen and oxygen atoms in total. The van der Waals surface area contributed by atoms with Gasteiger partial charge < -0.3 is 19.7 Å². The summed E-state index contributed by atoms with van der Waals surface area (Å²) in [6.45, 7) is 7.51. The van der Waals surface area contributed by atoms with E-state index in [2.05, 4.69) is 60.4 Å². The Kier molecular flexibility index (Phi) is 8.82. The molecule has 1 aromatic rings. The van der Waals surface area contributed by atoms with Gasteiger partial charge in [0.05, 0.1) is 13.7 Å². The molecule has 0 radical (unpaired) electrons. The molecule has 1 heterocycles. The van der Waals surface area contributed by atoms with Crippen LogP contribution in [-0.2, 0) is 4.74 Å². The number of benzene rings is 1. The van der Waals surface area contributed by atoms with E-state index < -0.39 is 0 Å². The number of guanidine groups is 1. The minimum Gasteiger partial charge on any atom is -0.497 e. The zero-order valence-electron chi connectivity index (χ0n) is 19.3. The molecule has 1 N–H and O–H groups in total. The van der Waals surface area contributed by atoms with Gasteiger partial charge in [-0.25, -0.2) is 0 Å². The Morgan fingerprint density at radius 3 is 2.67 bits per heavy atom. The highest BCUT2D eigenvalue weighted by Crippen LogP contribution is 2.36. The first-order valence-corrected chi connectivity index (χ1v) is 11.5. The van der Waals surface area contributed by atoms with Gasteiger partial charge in [-0.1, -0.05) is 12.1 Å². The van der Waals surface area contributed by atoms with E-state index in [0.717, 1.165) is 57.0 Å². The molecular weight excluding hydrogens is 376 g/mol. The number of nitrogens with one attached hydrogen (secondary N) is 1. The SMILES string of the molecule is CCNC(=NCC1CCCN(C)C1c1ccc(OC)cc1)N(C)CCOCC1CC1. The van der Waals surface area contributed by atoms with Gasteiger partial charge in [0.15, 0.2) is 5.96 Å². The quantitative estimate of drug-likeness (QED) is 0.360. The lowest BCUT2D eigenvalue weighted by atomic mass is 9.85. The topological polar surface area (TPSA) is 49.3 Å². The zero-order valence-corrected chi connectivity index (χ0v) is 19.3. The number of aliphatic imine (C=N–C) groups is 1. The third-order valence-electron chi connectivity index (χ3n) is 6.26. The molecule has 0 spiro atoms. The van der Waals surface area contributed by atoms with Gasteiger partial charge in [0.2, 0.25) is 0 Å². The molecule has 1 saturated carbocycles. The van der Waals surface area contributed by atoms with Crippen LogP contribution in [0.5, 0.6) is 5.75 Å². The molecule has 0 amide bonds. The fourth-order valence-electron chi connectivity index (χ4n) is 4.29. The Morgan fingerprint density at radius 1 is 1.23 bits per heavy atom. The van der Waals surface area contributed by atoms with Gasteiger partial charge in [-0.2, -0.15) is 0 Å². The molecule has 0 bridgehead atoms. The first-order chi connectivity index (χ1) is 14.6. The Hall–Kier alpha value is -1.79. The molecule has 3 rings (SSSR count). The lowest BCUT2D eigenvalue weighted by molar-refractivity contribution is 0.114. The van der Waals surface area contributed by atoms with Crippen molar-refractivity contribution in [2.75, 3.05) is 60.6 Å². The number of likely N-dealkylation sites (tertiary alicyclic amines) is 1. The smallest absolute Gasteiger partial charge is 0.193 e. The van der Waals surface area contributed by atoms with Crippen molar-refractivity contribution in [3.05, 3.63) is 29.8 Å². The average Bonchev–Trinajstić information content (AvgIpc) is 3.58. The van der Waals surface area contributed by atoms with E-state index in [1.807, 2.05) is 0 Å². The van der Waals surface area contributed by atoms with Crippen molar-refractivity contribution in [3.63, 3.8) is 0 Å². The molecule has 0 aromatic heterocycles. The Bertz CT molecular complexity index is 660. The van der Waals surface area contributed by atoms with E-state index in [-0.39, 0.29) is 0 Å². The first kappa shape index (κ1) is 22.9. The molecule has 2 fully saturated rings. The summed E-state index contributed by atoms with van der Waals surface area (Å²) in [5.41, 5.74) is 1.35. The highest BCUT2D eigenvalue weighted by molar-refractivity contribution is 5.79. The Balaban J connectivity index is 1.61. The summed E-state index contributed by atoms with van der Waals surface area (Å²) in [4.78, 5) is 9.71. The molecule has 2 aliphatic rings. The van der Waals surface area contributed by atoms with Crippen molar-refractivity contribution in [1.29, 1.82) is 0 Å². The second kappa shape index (κ2) is 11.6. The monoisotopic (exact) mass is 416 g/mol. The molecular formula is C24H40N4O2. The fraction of sp³-hybridized carbons (Fsp3) is 0.708. The van der Waals surface area contributed by atoms with Crippen LogP contribution in [0.1, 0.15) is 44.2 Å². The van der Waals surface area contributed by atoms with E-state index in [0.29, 0.717) is 12.0 Å². The second-order valence-corrected chi connectivity index (χ2v) is 8.74. The van der Waals surface area contributed by atoms with Crippen LogP contribution in [-0.4, -0.2) is 76.4 Å². The Morgan fingerprint density at radius 2 is 2.00 bits per heavy atom. The van der Waals surface area contributed by atoms with Crippen molar-refractivity contribution in [1.82, 2.24) is 15.1 Å². The van der Waals surface area contributed by atoms with Crippen LogP contribution in [0.4, 0.5) is 0 Å². The first-order valence-electron chi connectivity index (χ1n) is 11.5. The number of nitrogens with zero attached hydrogens (tertiary/aromatic N) is 3.